The molecule has 0 aliphatic rings. The van der Waals surface area contributed by atoms with E-state index in [1.807, 2.05) is 55.0 Å². The van der Waals surface area contributed by atoms with Gasteiger partial charge in [0.15, 0.2) is 5.82 Å². The minimum atomic E-state index is 0.690. The Hall–Kier alpha value is -7.63. The summed E-state index contributed by atoms with van der Waals surface area (Å²) in [5.74, 6) is 0.690. The first-order valence-corrected chi connectivity index (χ1v) is 18.6. The van der Waals surface area contributed by atoms with Crippen LogP contribution in [0.2, 0.25) is 0 Å². The van der Waals surface area contributed by atoms with Crippen molar-refractivity contribution in [3.63, 3.8) is 0 Å². The lowest BCUT2D eigenvalue weighted by Crippen LogP contribution is -1.96. The molecule has 56 heavy (non-hydrogen) atoms. The molecule has 4 aromatic heterocycles. The minimum absolute atomic E-state index is 0.690. The first-order valence-electron chi connectivity index (χ1n) is 18.6. The lowest BCUT2D eigenvalue weighted by molar-refractivity contribution is 1.18. The summed E-state index contributed by atoms with van der Waals surface area (Å²) in [4.78, 5) is 24.2. The largest absolute Gasteiger partial charge is 0.265 e. The first kappa shape index (κ1) is 33.0. The van der Waals surface area contributed by atoms with E-state index in [9.17, 15) is 0 Å². The van der Waals surface area contributed by atoms with Gasteiger partial charge in [-0.25, -0.2) is 15.0 Å². The Morgan fingerprint density at radius 3 is 1.57 bits per heavy atom. The van der Waals surface area contributed by atoms with Gasteiger partial charge >= 0.3 is 0 Å². The van der Waals surface area contributed by atoms with Gasteiger partial charge in [0.1, 0.15) is 0 Å². The third-order valence-electron chi connectivity index (χ3n) is 10.3. The Balaban J connectivity index is 0.977. The second-order valence-corrected chi connectivity index (χ2v) is 13.8. The third-order valence-corrected chi connectivity index (χ3v) is 10.3. The summed E-state index contributed by atoms with van der Waals surface area (Å²) >= 11 is 0. The number of pyridine rings is 3. The molecule has 0 saturated heterocycles. The van der Waals surface area contributed by atoms with Crippen LogP contribution in [-0.2, 0) is 0 Å². The minimum Gasteiger partial charge on any atom is -0.265 e. The number of rotatable bonds is 7. The van der Waals surface area contributed by atoms with E-state index in [2.05, 4.69) is 151 Å². The maximum absolute atomic E-state index is 5.09. The molecular weight excluding hydrogens is 683 g/mol. The molecule has 6 aromatic carbocycles. The topological polar surface area (TPSA) is 64.5 Å². The van der Waals surface area contributed by atoms with Gasteiger partial charge in [-0.2, -0.15) is 0 Å². The number of hydrogen-bond acceptors (Lipinski definition) is 5. The molecule has 0 radical (unpaired) electrons. The van der Waals surface area contributed by atoms with Crippen molar-refractivity contribution in [1.82, 2.24) is 24.9 Å². The second kappa shape index (κ2) is 14.3. The van der Waals surface area contributed by atoms with E-state index < -0.39 is 0 Å². The normalized spacial score (nSPS) is 11.2. The van der Waals surface area contributed by atoms with E-state index in [0.717, 1.165) is 89.1 Å². The SMILES string of the molecule is c1ccc(-c2nc(-c3ccc(-c4ccncc4)cc3)cc(-c3cccc(-c4ccc(-c5ccnc(-c6nc7ccccc7c7ccccc67)c5)cc4)c3)n2)cc1. The van der Waals surface area contributed by atoms with Crippen LogP contribution in [0.5, 0.6) is 0 Å². The van der Waals surface area contributed by atoms with Crippen LogP contribution < -0.4 is 0 Å². The van der Waals surface area contributed by atoms with Gasteiger partial charge in [0.2, 0.25) is 0 Å². The summed E-state index contributed by atoms with van der Waals surface area (Å²) < 4.78 is 0. The van der Waals surface area contributed by atoms with E-state index >= 15 is 0 Å². The second-order valence-electron chi connectivity index (χ2n) is 13.8. The zero-order valence-electron chi connectivity index (χ0n) is 30.3. The van der Waals surface area contributed by atoms with Crippen molar-refractivity contribution in [2.45, 2.75) is 0 Å². The van der Waals surface area contributed by atoms with Crippen LogP contribution in [-0.4, -0.2) is 24.9 Å². The molecule has 5 nitrogen and oxygen atoms in total. The molecule has 262 valence electrons. The van der Waals surface area contributed by atoms with Gasteiger partial charge in [-0.15, -0.1) is 0 Å². The molecular formula is C51H33N5. The summed E-state index contributed by atoms with van der Waals surface area (Å²) in [5.41, 5.74) is 14.2. The van der Waals surface area contributed by atoms with E-state index in [-0.39, 0.29) is 0 Å². The fourth-order valence-corrected chi connectivity index (χ4v) is 7.39. The van der Waals surface area contributed by atoms with Gasteiger partial charge in [0.05, 0.1) is 28.3 Å². The molecule has 0 spiro atoms. The number of fused-ring (bicyclic) bond motifs is 3. The fourth-order valence-electron chi connectivity index (χ4n) is 7.39. The molecule has 4 heterocycles. The monoisotopic (exact) mass is 715 g/mol. The molecule has 0 fully saturated rings. The van der Waals surface area contributed by atoms with Crippen LogP contribution in [0.25, 0.3) is 100 Å². The van der Waals surface area contributed by atoms with Gasteiger partial charge in [0.25, 0.3) is 0 Å². The highest BCUT2D eigenvalue weighted by atomic mass is 14.9. The Labute approximate surface area is 324 Å². The number of benzene rings is 6. The van der Waals surface area contributed by atoms with Crippen molar-refractivity contribution in [1.29, 1.82) is 0 Å². The highest BCUT2D eigenvalue weighted by Crippen LogP contribution is 2.35. The zero-order valence-corrected chi connectivity index (χ0v) is 30.3. The maximum atomic E-state index is 5.09. The van der Waals surface area contributed by atoms with Gasteiger partial charge < -0.3 is 0 Å². The smallest absolute Gasteiger partial charge is 0.160 e. The van der Waals surface area contributed by atoms with Crippen LogP contribution in [0.3, 0.4) is 0 Å². The maximum Gasteiger partial charge on any atom is 0.160 e. The number of hydrogen-bond donors (Lipinski definition) is 0. The molecule has 10 rings (SSSR count). The quantitative estimate of drug-likeness (QED) is 0.154. The third kappa shape index (κ3) is 6.37. The molecule has 5 heteroatoms. The predicted octanol–water partition coefficient (Wildman–Crippen LogP) is 12.6. The van der Waals surface area contributed by atoms with Crippen molar-refractivity contribution in [3.8, 4) is 78.7 Å². The summed E-state index contributed by atoms with van der Waals surface area (Å²) in [6, 6.07) is 63.1. The zero-order chi connectivity index (χ0) is 37.3. The molecule has 0 aliphatic carbocycles. The average Bonchev–Trinajstić information content (AvgIpc) is 3.29. The Morgan fingerprint density at radius 2 is 0.821 bits per heavy atom. The van der Waals surface area contributed by atoms with E-state index in [4.69, 9.17) is 19.9 Å². The van der Waals surface area contributed by atoms with Crippen LogP contribution >= 0.6 is 0 Å². The van der Waals surface area contributed by atoms with Crippen molar-refractivity contribution in [3.05, 3.63) is 201 Å². The first-order chi connectivity index (χ1) is 27.7. The molecule has 0 saturated carbocycles. The Bertz CT molecular complexity index is 3000. The summed E-state index contributed by atoms with van der Waals surface area (Å²) in [6.07, 6.45) is 5.51. The van der Waals surface area contributed by atoms with Crippen LogP contribution in [0.1, 0.15) is 0 Å². The van der Waals surface area contributed by atoms with E-state index in [0.29, 0.717) is 5.82 Å². The summed E-state index contributed by atoms with van der Waals surface area (Å²) in [5, 5.41) is 3.42. The van der Waals surface area contributed by atoms with Crippen LogP contribution in [0.4, 0.5) is 0 Å². The lowest BCUT2D eigenvalue weighted by Gasteiger charge is -2.12. The van der Waals surface area contributed by atoms with Crippen LogP contribution in [0, 0.1) is 0 Å². The Morgan fingerprint density at radius 1 is 0.286 bits per heavy atom. The molecule has 0 N–H and O–H groups in total. The number of nitrogens with zero attached hydrogens (tertiary/aromatic N) is 5. The molecule has 0 bridgehead atoms. The standard InChI is InChI=1S/C51H33N5/c1-2-9-39(10-3-1)51-55-47(38-23-21-34(22-24-38)37-25-28-52-29-26-37)33-48(56-51)42-12-8-11-40(31-42)35-17-19-36(20-18-35)41-27-30-53-49(32-41)50-45-15-5-4-13-43(45)44-14-6-7-16-46(44)54-50/h1-33H. The molecule has 0 amide bonds. The van der Waals surface area contributed by atoms with E-state index in [1.54, 1.807) is 0 Å². The van der Waals surface area contributed by atoms with Crippen LogP contribution in [0.15, 0.2) is 201 Å². The number of para-hydroxylation sites is 1. The van der Waals surface area contributed by atoms with Gasteiger partial charge in [0, 0.05) is 46.1 Å². The number of aromatic nitrogens is 5. The van der Waals surface area contributed by atoms with Gasteiger partial charge in [-0.3, -0.25) is 9.97 Å². The van der Waals surface area contributed by atoms with Gasteiger partial charge in [-0.1, -0.05) is 140 Å². The highest BCUT2D eigenvalue weighted by molar-refractivity contribution is 6.10. The Kier molecular flexibility index (Phi) is 8.43. The fraction of sp³-hybridized carbons (Fsp3) is 0. The predicted molar refractivity (Wildman–Crippen MR) is 228 cm³/mol. The average molecular weight is 716 g/mol. The van der Waals surface area contributed by atoms with Gasteiger partial charge in [-0.05, 0) is 81.2 Å². The molecule has 0 atom stereocenters. The highest BCUT2D eigenvalue weighted by Gasteiger charge is 2.14. The molecule has 0 aliphatic heterocycles. The molecule has 10 aromatic rings. The summed E-state index contributed by atoms with van der Waals surface area (Å²) in [7, 11) is 0. The van der Waals surface area contributed by atoms with Crippen molar-refractivity contribution in [2.75, 3.05) is 0 Å². The van der Waals surface area contributed by atoms with Crippen molar-refractivity contribution >= 4 is 21.7 Å². The lowest BCUT2D eigenvalue weighted by atomic mass is 9.97. The van der Waals surface area contributed by atoms with Crippen molar-refractivity contribution in [2.24, 2.45) is 0 Å². The summed E-state index contributed by atoms with van der Waals surface area (Å²) in [6.45, 7) is 0. The van der Waals surface area contributed by atoms with E-state index in [1.165, 1.54) is 5.39 Å². The van der Waals surface area contributed by atoms with Crippen molar-refractivity contribution < 1.29 is 0 Å². The molecule has 0 unspecified atom stereocenters.